The lowest BCUT2D eigenvalue weighted by molar-refractivity contribution is 0.107. The molecular formula is C16H26N2O. The zero-order valence-corrected chi connectivity index (χ0v) is 12.4. The van der Waals surface area contributed by atoms with E-state index in [1.807, 2.05) is 7.11 Å². The number of rotatable bonds is 6. The van der Waals surface area contributed by atoms with E-state index < -0.39 is 0 Å². The van der Waals surface area contributed by atoms with Gasteiger partial charge >= 0.3 is 0 Å². The number of methoxy groups -OCH3 is 1. The molecule has 1 N–H and O–H groups in total. The second-order valence-corrected chi connectivity index (χ2v) is 5.43. The van der Waals surface area contributed by atoms with Gasteiger partial charge in [-0.2, -0.15) is 0 Å². The molecule has 0 aliphatic carbocycles. The Kier molecular flexibility index (Phi) is 5.37. The number of hydrogen-bond donors (Lipinski definition) is 1. The Morgan fingerprint density at radius 3 is 2.84 bits per heavy atom. The van der Waals surface area contributed by atoms with Gasteiger partial charge in [-0.1, -0.05) is 24.3 Å². The van der Waals surface area contributed by atoms with Gasteiger partial charge in [0.15, 0.2) is 0 Å². The minimum absolute atomic E-state index is 0.437. The van der Waals surface area contributed by atoms with Gasteiger partial charge in [-0.3, -0.25) is 0 Å². The van der Waals surface area contributed by atoms with Gasteiger partial charge in [0.05, 0.1) is 6.10 Å². The molecule has 2 rings (SSSR count). The summed E-state index contributed by atoms with van der Waals surface area (Å²) in [6, 6.07) is 9.11. The van der Waals surface area contributed by atoms with Crippen molar-refractivity contribution in [3.05, 3.63) is 35.4 Å². The van der Waals surface area contributed by atoms with Crippen LogP contribution in [0.4, 0.5) is 0 Å². The van der Waals surface area contributed by atoms with E-state index in [-0.39, 0.29) is 0 Å². The molecule has 1 saturated heterocycles. The lowest BCUT2D eigenvalue weighted by Crippen LogP contribution is -2.28. The number of nitrogens with zero attached hydrogens (tertiary/aromatic N) is 1. The molecule has 1 aliphatic heterocycles. The molecule has 2 unspecified atom stereocenters. The van der Waals surface area contributed by atoms with Crippen LogP contribution in [-0.2, 0) is 4.74 Å². The summed E-state index contributed by atoms with van der Waals surface area (Å²) in [5.74, 6) is 0. The number of hydrogen-bond acceptors (Lipinski definition) is 3. The van der Waals surface area contributed by atoms with Gasteiger partial charge in [0.2, 0.25) is 0 Å². The summed E-state index contributed by atoms with van der Waals surface area (Å²) >= 11 is 0. The van der Waals surface area contributed by atoms with Crippen molar-refractivity contribution in [2.24, 2.45) is 0 Å². The van der Waals surface area contributed by atoms with Crippen LogP contribution >= 0.6 is 0 Å². The molecule has 19 heavy (non-hydrogen) atoms. The summed E-state index contributed by atoms with van der Waals surface area (Å²) in [6.45, 7) is 5.58. The highest BCUT2D eigenvalue weighted by atomic mass is 16.5. The predicted octanol–water partition coefficient (Wildman–Crippen LogP) is 2.37. The van der Waals surface area contributed by atoms with E-state index in [2.05, 4.69) is 48.5 Å². The van der Waals surface area contributed by atoms with Crippen LogP contribution in [-0.4, -0.2) is 44.8 Å². The van der Waals surface area contributed by atoms with Crippen molar-refractivity contribution in [2.75, 3.05) is 33.8 Å². The summed E-state index contributed by atoms with van der Waals surface area (Å²) in [5.41, 5.74) is 2.80. The average Bonchev–Trinajstić information content (AvgIpc) is 2.89. The van der Waals surface area contributed by atoms with E-state index >= 15 is 0 Å². The molecule has 1 fully saturated rings. The summed E-state index contributed by atoms with van der Waals surface area (Å²) in [5, 5.41) is 3.45. The molecule has 106 valence electrons. The molecule has 2 atom stereocenters. The van der Waals surface area contributed by atoms with Crippen molar-refractivity contribution in [1.29, 1.82) is 0 Å². The average molecular weight is 262 g/mol. The third-order valence-corrected chi connectivity index (χ3v) is 4.21. The highest BCUT2D eigenvalue weighted by molar-refractivity contribution is 5.28. The van der Waals surface area contributed by atoms with Crippen molar-refractivity contribution < 1.29 is 4.74 Å². The Morgan fingerprint density at radius 2 is 2.21 bits per heavy atom. The second-order valence-electron chi connectivity index (χ2n) is 5.43. The third kappa shape index (κ3) is 3.78. The summed E-state index contributed by atoms with van der Waals surface area (Å²) in [6.07, 6.45) is 2.76. The quantitative estimate of drug-likeness (QED) is 0.852. The Bertz CT molecular complexity index is 394. The molecule has 0 amide bonds. The molecule has 1 aromatic rings. The Morgan fingerprint density at radius 1 is 1.42 bits per heavy atom. The van der Waals surface area contributed by atoms with Gasteiger partial charge in [-0.25, -0.2) is 0 Å². The first-order valence-electron chi connectivity index (χ1n) is 7.22. The molecule has 0 aromatic heterocycles. The minimum Gasteiger partial charge on any atom is -0.380 e. The zero-order valence-electron chi connectivity index (χ0n) is 12.4. The first kappa shape index (κ1) is 14.5. The van der Waals surface area contributed by atoms with Crippen LogP contribution in [0.2, 0.25) is 0 Å². The monoisotopic (exact) mass is 262 g/mol. The SMILES string of the molecule is CNC(CCN1CCC(OC)C1)c1ccccc1C. The fraction of sp³-hybridized carbons (Fsp3) is 0.625. The van der Waals surface area contributed by atoms with Crippen molar-refractivity contribution >= 4 is 0 Å². The highest BCUT2D eigenvalue weighted by Gasteiger charge is 2.22. The number of likely N-dealkylation sites (tertiary alicyclic amines) is 1. The van der Waals surface area contributed by atoms with Crippen LogP contribution in [0.25, 0.3) is 0 Å². The van der Waals surface area contributed by atoms with Crippen molar-refractivity contribution in [1.82, 2.24) is 10.2 Å². The van der Waals surface area contributed by atoms with Crippen molar-refractivity contribution in [3.8, 4) is 0 Å². The van der Waals surface area contributed by atoms with Gasteiger partial charge in [-0.05, 0) is 37.9 Å². The molecule has 0 radical (unpaired) electrons. The van der Waals surface area contributed by atoms with Crippen molar-refractivity contribution in [3.63, 3.8) is 0 Å². The maximum absolute atomic E-state index is 5.42. The molecule has 3 nitrogen and oxygen atoms in total. The molecular weight excluding hydrogens is 236 g/mol. The van der Waals surface area contributed by atoms with Crippen molar-refractivity contribution in [2.45, 2.75) is 31.9 Å². The summed E-state index contributed by atoms with van der Waals surface area (Å²) < 4.78 is 5.42. The third-order valence-electron chi connectivity index (χ3n) is 4.21. The smallest absolute Gasteiger partial charge is 0.0710 e. The molecule has 0 bridgehead atoms. The highest BCUT2D eigenvalue weighted by Crippen LogP contribution is 2.21. The van der Waals surface area contributed by atoms with Crippen LogP contribution < -0.4 is 5.32 Å². The fourth-order valence-corrected chi connectivity index (χ4v) is 2.94. The largest absolute Gasteiger partial charge is 0.380 e. The van der Waals surface area contributed by atoms with Crippen LogP contribution in [0.1, 0.15) is 30.0 Å². The zero-order chi connectivity index (χ0) is 13.7. The Balaban J connectivity index is 1.88. The number of benzene rings is 1. The molecule has 1 heterocycles. The maximum atomic E-state index is 5.42. The predicted molar refractivity (Wildman–Crippen MR) is 79.5 cm³/mol. The van der Waals surface area contributed by atoms with Gasteiger partial charge in [0.25, 0.3) is 0 Å². The molecule has 1 aromatic carbocycles. The van der Waals surface area contributed by atoms with E-state index in [1.165, 1.54) is 24.1 Å². The van der Waals surface area contributed by atoms with Gasteiger partial charge in [-0.15, -0.1) is 0 Å². The normalized spacial score (nSPS) is 21.7. The van der Waals surface area contributed by atoms with Crippen LogP contribution in [0.3, 0.4) is 0 Å². The van der Waals surface area contributed by atoms with Crippen LogP contribution in [0.5, 0.6) is 0 Å². The minimum atomic E-state index is 0.437. The van der Waals surface area contributed by atoms with Gasteiger partial charge < -0.3 is 15.0 Å². The number of nitrogens with one attached hydrogen (secondary N) is 1. The molecule has 1 aliphatic rings. The Hall–Kier alpha value is -0.900. The van der Waals surface area contributed by atoms with E-state index in [4.69, 9.17) is 4.74 Å². The standard InChI is InChI=1S/C16H26N2O/c1-13-6-4-5-7-15(13)16(17-2)9-11-18-10-8-14(12-18)19-3/h4-7,14,16-17H,8-12H2,1-3H3. The second kappa shape index (κ2) is 7.04. The number of ether oxygens (including phenoxy) is 1. The lowest BCUT2D eigenvalue weighted by atomic mass is 9.99. The van der Waals surface area contributed by atoms with E-state index in [0.29, 0.717) is 12.1 Å². The fourth-order valence-electron chi connectivity index (χ4n) is 2.94. The van der Waals surface area contributed by atoms with E-state index in [9.17, 15) is 0 Å². The van der Waals surface area contributed by atoms with E-state index in [0.717, 1.165) is 19.5 Å². The van der Waals surface area contributed by atoms with Gasteiger partial charge in [0.1, 0.15) is 0 Å². The molecule has 0 spiro atoms. The lowest BCUT2D eigenvalue weighted by Gasteiger charge is -2.22. The molecule has 3 heteroatoms. The Labute approximate surface area is 116 Å². The summed E-state index contributed by atoms with van der Waals surface area (Å²) in [7, 11) is 3.87. The number of aryl methyl sites for hydroxylation is 1. The topological polar surface area (TPSA) is 24.5 Å². The van der Waals surface area contributed by atoms with Gasteiger partial charge in [0, 0.05) is 32.8 Å². The molecule has 0 saturated carbocycles. The first-order valence-corrected chi connectivity index (χ1v) is 7.22. The van der Waals surface area contributed by atoms with Crippen LogP contribution in [0.15, 0.2) is 24.3 Å². The maximum Gasteiger partial charge on any atom is 0.0710 e. The summed E-state index contributed by atoms with van der Waals surface area (Å²) in [4.78, 5) is 2.51. The van der Waals surface area contributed by atoms with Crippen LogP contribution in [0, 0.1) is 6.92 Å². The first-order chi connectivity index (χ1) is 9.24. The van der Waals surface area contributed by atoms with E-state index in [1.54, 1.807) is 0 Å².